The molecule has 15 heteroatoms. The number of benzene rings is 1. The highest BCUT2D eigenvalue weighted by Crippen LogP contribution is 2.35. The van der Waals surface area contributed by atoms with E-state index in [9.17, 15) is 19.5 Å². The smallest absolute Gasteiger partial charge is 0.326 e. The number of nitrogens with two attached hydrogens (primary N) is 2. The minimum atomic E-state index is -1.41. The van der Waals surface area contributed by atoms with Crippen LogP contribution in [0.25, 0.3) is 11.2 Å². The molecule has 0 fully saturated rings. The Morgan fingerprint density at radius 2 is 1.83 bits per heavy atom. The maximum atomic E-state index is 12.6. The average Bonchev–Trinajstić information content (AvgIpc) is 2.78. The number of nitrogen functional groups attached to an aromatic ring is 2. The maximum absolute atomic E-state index is 12.6. The van der Waals surface area contributed by atoms with E-state index in [0.29, 0.717) is 11.4 Å². The Hall–Kier alpha value is -3.97. The molecule has 2 heterocycles. The van der Waals surface area contributed by atoms with E-state index >= 15 is 0 Å². The van der Waals surface area contributed by atoms with Crippen molar-refractivity contribution in [3.05, 3.63) is 39.6 Å². The second-order valence-electron chi connectivity index (χ2n) is 7.41. The van der Waals surface area contributed by atoms with Crippen molar-refractivity contribution in [2.75, 3.05) is 23.4 Å². The van der Waals surface area contributed by atoms with E-state index in [1.54, 1.807) is 11.9 Å². The van der Waals surface area contributed by atoms with E-state index in [2.05, 4.69) is 25.3 Å². The minimum absolute atomic E-state index is 0.0173. The number of carboxylic acids is 2. The first-order valence-electron chi connectivity index (χ1n) is 9.97. The zero-order valence-electron chi connectivity index (χ0n) is 18.2. The molecule has 3 aromatic rings. The number of anilines is 3. The average molecular weight is 523 g/mol. The number of carbonyl (C=O) groups excluding carboxylic acids is 1. The van der Waals surface area contributed by atoms with Gasteiger partial charge in [0, 0.05) is 13.5 Å². The Bertz CT molecular complexity index is 1320. The molecule has 0 aliphatic heterocycles. The first kappa shape index (κ1) is 25.6. The van der Waals surface area contributed by atoms with Gasteiger partial charge >= 0.3 is 11.9 Å². The third-order valence-corrected chi connectivity index (χ3v) is 5.74. The molecule has 0 radical (unpaired) electrons. The summed E-state index contributed by atoms with van der Waals surface area (Å²) in [6, 6.07) is 1.50. The summed E-state index contributed by atoms with van der Waals surface area (Å²) in [6.45, 7) is 0.227. The van der Waals surface area contributed by atoms with Crippen LogP contribution in [0.5, 0.6) is 0 Å². The molecule has 0 saturated heterocycles. The van der Waals surface area contributed by atoms with Crippen LogP contribution in [0.2, 0.25) is 10.0 Å². The number of nitrogens with zero attached hydrogens (tertiary/aromatic N) is 5. The number of hydrogen-bond donors (Lipinski definition) is 5. The quantitative estimate of drug-likeness (QED) is 0.271. The van der Waals surface area contributed by atoms with Crippen molar-refractivity contribution >= 4 is 69.7 Å². The molecule has 3 rings (SSSR count). The van der Waals surface area contributed by atoms with E-state index in [0.717, 1.165) is 0 Å². The van der Waals surface area contributed by atoms with Crippen LogP contribution in [0.15, 0.2) is 18.3 Å². The standard InChI is InChI=1S/C20H20Cl2N8O5/c1-30(7-8-6-25-17-15(26-8)16(23)28-20(24)29-17)11-4-2-9(13(21)14(11)22)18(33)27-10(19(34)35)3-5-12(31)32/h2,4,6,10H,3,5,7H2,1H3,(H,27,33)(H,31,32)(H,34,35)(H4,23,24,25,28,29)/t10-/m1/s1. The van der Waals surface area contributed by atoms with Crippen LogP contribution >= 0.6 is 23.2 Å². The molecular formula is C20H20Cl2N8O5. The Morgan fingerprint density at radius 3 is 2.49 bits per heavy atom. The van der Waals surface area contributed by atoms with Gasteiger partial charge in [0.25, 0.3) is 5.91 Å². The molecule has 0 aliphatic carbocycles. The molecule has 35 heavy (non-hydrogen) atoms. The van der Waals surface area contributed by atoms with Crippen LogP contribution in [0.3, 0.4) is 0 Å². The third kappa shape index (κ3) is 5.94. The number of carboxylic acid groups (broad SMARTS) is 2. The SMILES string of the molecule is CN(Cc1cnc2nc(N)nc(N)c2n1)c1ccc(C(=O)N[C@H](CCC(=O)O)C(=O)O)c(Cl)c1Cl. The van der Waals surface area contributed by atoms with Crippen LogP contribution < -0.4 is 21.7 Å². The second kappa shape index (κ2) is 10.5. The number of carbonyl (C=O) groups is 3. The molecular weight excluding hydrogens is 503 g/mol. The number of amides is 1. The fourth-order valence-electron chi connectivity index (χ4n) is 3.16. The van der Waals surface area contributed by atoms with Crippen molar-refractivity contribution < 1.29 is 24.6 Å². The van der Waals surface area contributed by atoms with Crippen molar-refractivity contribution in [3.8, 4) is 0 Å². The van der Waals surface area contributed by atoms with Crippen LogP contribution in [-0.2, 0) is 16.1 Å². The summed E-state index contributed by atoms with van der Waals surface area (Å²) in [5, 5.41) is 20.2. The van der Waals surface area contributed by atoms with Crippen LogP contribution in [0, 0.1) is 0 Å². The van der Waals surface area contributed by atoms with Crippen LogP contribution in [-0.4, -0.2) is 61.1 Å². The summed E-state index contributed by atoms with van der Waals surface area (Å²) >= 11 is 12.7. The lowest BCUT2D eigenvalue weighted by Gasteiger charge is -2.22. The first-order chi connectivity index (χ1) is 16.5. The van der Waals surface area contributed by atoms with Gasteiger partial charge in [0.15, 0.2) is 17.0 Å². The monoisotopic (exact) mass is 522 g/mol. The van der Waals surface area contributed by atoms with E-state index in [1.807, 2.05) is 0 Å². The fraction of sp³-hybridized carbons (Fsp3) is 0.250. The van der Waals surface area contributed by atoms with Gasteiger partial charge in [0.1, 0.15) is 6.04 Å². The number of rotatable bonds is 9. The zero-order chi connectivity index (χ0) is 25.9. The largest absolute Gasteiger partial charge is 0.481 e. The molecule has 1 atom stereocenters. The second-order valence-corrected chi connectivity index (χ2v) is 8.17. The molecule has 7 N–H and O–H groups in total. The summed E-state index contributed by atoms with van der Waals surface area (Å²) in [5.41, 5.74) is 12.9. The van der Waals surface area contributed by atoms with Gasteiger partial charge in [0.05, 0.1) is 39.7 Å². The lowest BCUT2D eigenvalue weighted by Crippen LogP contribution is -2.41. The molecule has 2 aromatic heterocycles. The molecule has 0 spiro atoms. The van der Waals surface area contributed by atoms with Gasteiger partial charge in [-0.3, -0.25) is 9.59 Å². The van der Waals surface area contributed by atoms with Gasteiger partial charge in [-0.1, -0.05) is 23.2 Å². The van der Waals surface area contributed by atoms with Crippen LogP contribution in [0.1, 0.15) is 28.9 Å². The van der Waals surface area contributed by atoms with Crippen LogP contribution in [0.4, 0.5) is 17.5 Å². The summed E-state index contributed by atoms with van der Waals surface area (Å²) in [7, 11) is 1.71. The van der Waals surface area contributed by atoms with E-state index in [1.165, 1.54) is 18.3 Å². The van der Waals surface area contributed by atoms with Gasteiger partial charge in [-0.05, 0) is 18.6 Å². The molecule has 1 aromatic carbocycles. The number of hydrogen-bond acceptors (Lipinski definition) is 10. The van der Waals surface area contributed by atoms with Crippen molar-refractivity contribution in [2.45, 2.75) is 25.4 Å². The van der Waals surface area contributed by atoms with Crippen molar-refractivity contribution in [1.82, 2.24) is 25.3 Å². The van der Waals surface area contributed by atoms with Gasteiger partial charge in [-0.2, -0.15) is 9.97 Å². The number of nitrogens with one attached hydrogen (secondary N) is 1. The van der Waals surface area contributed by atoms with E-state index in [4.69, 9.17) is 39.8 Å². The lowest BCUT2D eigenvalue weighted by atomic mass is 10.1. The van der Waals surface area contributed by atoms with Gasteiger partial charge in [-0.25, -0.2) is 14.8 Å². The maximum Gasteiger partial charge on any atom is 0.326 e. The highest BCUT2D eigenvalue weighted by molar-refractivity contribution is 6.45. The summed E-state index contributed by atoms with van der Waals surface area (Å²) in [4.78, 5) is 52.8. The van der Waals surface area contributed by atoms with E-state index in [-0.39, 0.29) is 51.5 Å². The topological polar surface area (TPSA) is 211 Å². The first-order valence-corrected chi connectivity index (χ1v) is 10.7. The molecule has 1 amide bonds. The third-order valence-electron chi connectivity index (χ3n) is 4.87. The highest BCUT2D eigenvalue weighted by atomic mass is 35.5. The highest BCUT2D eigenvalue weighted by Gasteiger charge is 2.24. The molecule has 13 nitrogen and oxygen atoms in total. The van der Waals surface area contributed by atoms with Gasteiger partial charge in [-0.15, -0.1) is 0 Å². The number of fused-ring (bicyclic) bond motifs is 1. The zero-order valence-corrected chi connectivity index (χ0v) is 19.7. The summed E-state index contributed by atoms with van der Waals surface area (Å²) < 4.78 is 0. The number of aliphatic carboxylic acids is 2. The Labute approximate surface area is 208 Å². The fourth-order valence-corrected chi connectivity index (χ4v) is 3.71. The molecule has 184 valence electrons. The van der Waals surface area contributed by atoms with Crippen molar-refractivity contribution in [3.63, 3.8) is 0 Å². The molecule has 0 unspecified atom stereocenters. The van der Waals surface area contributed by atoms with Gasteiger partial charge < -0.3 is 31.9 Å². The molecule has 0 bridgehead atoms. The number of halogens is 2. The van der Waals surface area contributed by atoms with Crippen molar-refractivity contribution in [2.24, 2.45) is 0 Å². The van der Waals surface area contributed by atoms with E-state index < -0.39 is 30.3 Å². The van der Waals surface area contributed by atoms with Crippen molar-refractivity contribution in [1.29, 1.82) is 0 Å². The Kier molecular flexibility index (Phi) is 7.71. The number of aromatic nitrogens is 4. The summed E-state index contributed by atoms with van der Waals surface area (Å²) in [5.74, 6) is -3.29. The molecule has 0 saturated carbocycles. The minimum Gasteiger partial charge on any atom is -0.481 e. The normalized spacial score (nSPS) is 11.7. The predicted octanol–water partition coefficient (Wildman–Crippen LogP) is 1.58. The lowest BCUT2D eigenvalue weighted by molar-refractivity contribution is -0.140. The summed E-state index contributed by atoms with van der Waals surface area (Å²) in [6.07, 6.45) is 0.765. The predicted molar refractivity (Wildman–Crippen MR) is 128 cm³/mol. The Morgan fingerprint density at radius 1 is 1.11 bits per heavy atom. The molecule has 0 aliphatic rings. The van der Waals surface area contributed by atoms with Gasteiger partial charge in [0.2, 0.25) is 5.95 Å². The Balaban J connectivity index is 1.80.